The number of hydrogen-bond acceptors (Lipinski definition) is 2. The van der Waals surface area contributed by atoms with Crippen molar-refractivity contribution >= 4 is 5.65 Å². The van der Waals surface area contributed by atoms with Gasteiger partial charge in [0.2, 0.25) is 0 Å². The third-order valence-electron chi connectivity index (χ3n) is 3.75. The average Bonchev–Trinajstić information content (AvgIpc) is 2.94. The summed E-state index contributed by atoms with van der Waals surface area (Å²) in [4.78, 5) is 7.17. The number of fused-ring (bicyclic) bond motifs is 1. The van der Waals surface area contributed by atoms with Crippen molar-refractivity contribution in [2.24, 2.45) is 5.92 Å². The van der Waals surface area contributed by atoms with E-state index in [-0.39, 0.29) is 0 Å². The molecular formula is C14H19N3. The van der Waals surface area contributed by atoms with Crippen LogP contribution in [0.15, 0.2) is 30.6 Å². The van der Waals surface area contributed by atoms with Gasteiger partial charge in [-0.1, -0.05) is 19.4 Å². The largest absolute Gasteiger partial charge is 0.307 e. The molecule has 17 heavy (non-hydrogen) atoms. The van der Waals surface area contributed by atoms with Gasteiger partial charge in [-0.25, -0.2) is 4.98 Å². The Hall–Kier alpha value is -1.35. The van der Waals surface area contributed by atoms with E-state index in [1.54, 1.807) is 0 Å². The molecule has 0 spiro atoms. The van der Waals surface area contributed by atoms with Crippen LogP contribution < -0.4 is 0 Å². The van der Waals surface area contributed by atoms with Crippen LogP contribution in [-0.4, -0.2) is 27.4 Å². The zero-order chi connectivity index (χ0) is 11.7. The summed E-state index contributed by atoms with van der Waals surface area (Å²) >= 11 is 0. The van der Waals surface area contributed by atoms with Crippen LogP contribution in [0.5, 0.6) is 0 Å². The van der Waals surface area contributed by atoms with E-state index in [0.29, 0.717) is 0 Å². The van der Waals surface area contributed by atoms with Crippen LogP contribution in [0.3, 0.4) is 0 Å². The van der Waals surface area contributed by atoms with Gasteiger partial charge in [-0.2, -0.15) is 0 Å². The molecule has 1 aliphatic heterocycles. The quantitative estimate of drug-likeness (QED) is 0.806. The molecule has 0 aliphatic carbocycles. The van der Waals surface area contributed by atoms with Crippen molar-refractivity contribution in [2.75, 3.05) is 13.1 Å². The summed E-state index contributed by atoms with van der Waals surface area (Å²) in [6, 6.07) is 6.14. The van der Waals surface area contributed by atoms with E-state index in [1.165, 1.54) is 31.6 Å². The third-order valence-corrected chi connectivity index (χ3v) is 3.75. The van der Waals surface area contributed by atoms with Crippen LogP contribution in [0.4, 0.5) is 0 Å². The molecule has 3 heterocycles. The molecule has 1 saturated heterocycles. The molecule has 0 saturated carbocycles. The number of aromatic nitrogens is 2. The molecule has 90 valence electrons. The van der Waals surface area contributed by atoms with Gasteiger partial charge in [0, 0.05) is 25.5 Å². The molecule has 1 aliphatic rings. The van der Waals surface area contributed by atoms with E-state index >= 15 is 0 Å². The minimum absolute atomic E-state index is 0.895. The fourth-order valence-corrected chi connectivity index (χ4v) is 2.68. The Balaban J connectivity index is 1.73. The second-order valence-corrected chi connectivity index (χ2v) is 5.00. The summed E-state index contributed by atoms with van der Waals surface area (Å²) in [7, 11) is 0. The highest BCUT2D eigenvalue weighted by Crippen LogP contribution is 2.20. The first-order valence-electron chi connectivity index (χ1n) is 6.50. The predicted molar refractivity (Wildman–Crippen MR) is 68.9 cm³/mol. The summed E-state index contributed by atoms with van der Waals surface area (Å²) in [6.07, 6.45) is 6.87. The second kappa shape index (κ2) is 4.49. The van der Waals surface area contributed by atoms with Crippen LogP contribution in [0.1, 0.15) is 25.5 Å². The maximum absolute atomic E-state index is 4.65. The molecule has 0 amide bonds. The first-order chi connectivity index (χ1) is 8.35. The van der Waals surface area contributed by atoms with Gasteiger partial charge >= 0.3 is 0 Å². The van der Waals surface area contributed by atoms with Gasteiger partial charge in [-0.15, -0.1) is 0 Å². The smallest absolute Gasteiger partial charge is 0.137 e. The number of imidazole rings is 1. The Morgan fingerprint density at radius 3 is 3.12 bits per heavy atom. The summed E-state index contributed by atoms with van der Waals surface area (Å²) in [5, 5.41) is 0. The van der Waals surface area contributed by atoms with Gasteiger partial charge in [0.25, 0.3) is 0 Å². The van der Waals surface area contributed by atoms with Gasteiger partial charge in [-0.3, -0.25) is 4.90 Å². The van der Waals surface area contributed by atoms with Gasteiger partial charge in [0.05, 0.1) is 5.69 Å². The fraction of sp³-hybridized carbons (Fsp3) is 0.500. The lowest BCUT2D eigenvalue weighted by molar-refractivity contribution is 0.312. The van der Waals surface area contributed by atoms with Crippen LogP contribution >= 0.6 is 0 Å². The molecule has 2 aromatic heterocycles. The van der Waals surface area contributed by atoms with Crippen molar-refractivity contribution in [1.82, 2.24) is 14.3 Å². The zero-order valence-electron chi connectivity index (χ0n) is 10.3. The minimum Gasteiger partial charge on any atom is -0.307 e. The van der Waals surface area contributed by atoms with E-state index in [9.17, 15) is 0 Å². The highest BCUT2D eigenvalue weighted by Gasteiger charge is 2.21. The van der Waals surface area contributed by atoms with Crippen LogP contribution in [-0.2, 0) is 6.54 Å². The third kappa shape index (κ3) is 2.20. The lowest BCUT2D eigenvalue weighted by Gasteiger charge is -2.13. The molecule has 0 N–H and O–H groups in total. The number of rotatable bonds is 3. The number of hydrogen-bond donors (Lipinski definition) is 0. The van der Waals surface area contributed by atoms with Gasteiger partial charge in [0.15, 0.2) is 0 Å². The lowest BCUT2D eigenvalue weighted by Crippen LogP contribution is -2.20. The average molecular weight is 229 g/mol. The van der Waals surface area contributed by atoms with E-state index in [4.69, 9.17) is 0 Å². The van der Waals surface area contributed by atoms with Crippen molar-refractivity contribution in [3.05, 3.63) is 36.3 Å². The summed E-state index contributed by atoms with van der Waals surface area (Å²) in [6.45, 7) is 5.76. The molecule has 0 bridgehead atoms. The van der Waals surface area contributed by atoms with Gasteiger partial charge in [-0.05, 0) is 31.0 Å². The van der Waals surface area contributed by atoms with Crippen molar-refractivity contribution in [2.45, 2.75) is 26.3 Å². The molecule has 1 fully saturated rings. The number of nitrogens with zero attached hydrogens (tertiary/aromatic N) is 3. The van der Waals surface area contributed by atoms with Gasteiger partial charge in [0.1, 0.15) is 5.65 Å². The number of likely N-dealkylation sites (tertiary alicyclic amines) is 1. The SMILES string of the molecule is CCC1CCN(Cc2cn3ccccc3n2)C1. The summed E-state index contributed by atoms with van der Waals surface area (Å²) in [5.41, 5.74) is 2.24. The fourth-order valence-electron chi connectivity index (χ4n) is 2.68. The molecule has 3 rings (SSSR count). The molecule has 1 atom stereocenters. The Morgan fingerprint density at radius 2 is 2.35 bits per heavy atom. The van der Waals surface area contributed by atoms with Crippen LogP contribution in [0.25, 0.3) is 5.65 Å². The van der Waals surface area contributed by atoms with E-state index in [2.05, 4.69) is 39.7 Å². The van der Waals surface area contributed by atoms with Crippen LogP contribution in [0.2, 0.25) is 0 Å². The molecular weight excluding hydrogens is 210 g/mol. The zero-order valence-corrected chi connectivity index (χ0v) is 10.3. The molecule has 3 nitrogen and oxygen atoms in total. The van der Waals surface area contributed by atoms with E-state index < -0.39 is 0 Å². The van der Waals surface area contributed by atoms with Gasteiger partial charge < -0.3 is 4.40 Å². The minimum atomic E-state index is 0.895. The van der Waals surface area contributed by atoms with Crippen molar-refractivity contribution in [3.63, 3.8) is 0 Å². The Bertz CT molecular complexity index is 470. The Labute approximate surface area is 102 Å². The standard InChI is InChI=1S/C14H19N3/c1-2-12-6-8-16(9-12)10-13-11-17-7-4-3-5-14(17)15-13/h3-5,7,11-12H,2,6,8-10H2,1H3. The van der Waals surface area contributed by atoms with Crippen LogP contribution in [0, 0.1) is 5.92 Å². The normalized spacial score (nSPS) is 21.4. The molecule has 1 unspecified atom stereocenters. The predicted octanol–water partition coefficient (Wildman–Crippen LogP) is 2.57. The topological polar surface area (TPSA) is 20.5 Å². The molecule has 2 aromatic rings. The lowest BCUT2D eigenvalue weighted by atomic mass is 10.1. The molecule has 0 radical (unpaired) electrons. The highest BCUT2D eigenvalue weighted by atomic mass is 15.2. The number of pyridine rings is 1. The Morgan fingerprint density at radius 1 is 1.41 bits per heavy atom. The van der Waals surface area contributed by atoms with Crippen molar-refractivity contribution in [3.8, 4) is 0 Å². The van der Waals surface area contributed by atoms with E-state index in [0.717, 1.165) is 18.1 Å². The molecule has 0 aromatic carbocycles. The molecule has 3 heteroatoms. The highest BCUT2D eigenvalue weighted by molar-refractivity contribution is 5.39. The maximum atomic E-state index is 4.65. The maximum Gasteiger partial charge on any atom is 0.137 e. The van der Waals surface area contributed by atoms with Crippen molar-refractivity contribution in [1.29, 1.82) is 0 Å². The first kappa shape index (κ1) is 10.8. The Kier molecular flexibility index (Phi) is 2.85. The second-order valence-electron chi connectivity index (χ2n) is 5.00. The summed E-state index contributed by atoms with van der Waals surface area (Å²) in [5.74, 6) is 0.895. The van der Waals surface area contributed by atoms with Crippen molar-refractivity contribution < 1.29 is 0 Å². The summed E-state index contributed by atoms with van der Waals surface area (Å²) < 4.78 is 2.10. The first-order valence-corrected chi connectivity index (χ1v) is 6.50. The monoisotopic (exact) mass is 229 g/mol. The van der Waals surface area contributed by atoms with E-state index in [1.807, 2.05) is 12.1 Å².